The molecule has 3 rings (SSSR count). The molecule has 1 aliphatic rings. The molecule has 196 valence electrons. The highest BCUT2D eigenvalue weighted by Gasteiger charge is 2.32. The summed E-state index contributed by atoms with van der Waals surface area (Å²) in [6, 6.07) is 12.3. The predicted octanol–water partition coefficient (Wildman–Crippen LogP) is 3.07. The fourth-order valence-electron chi connectivity index (χ4n) is 4.16. The van der Waals surface area contributed by atoms with Crippen molar-refractivity contribution in [3.63, 3.8) is 0 Å². The van der Waals surface area contributed by atoms with Crippen molar-refractivity contribution >= 4 is 23.3 Å². The number of amides is 3. The number of aliphatic hydroxyl groups excluding tert-OH is 1. The van der Waals surface area contributed by atoms with E-state index in [2.05, 4.69) is 5.32 Å². The SMILES string of the molecule is COc1ccc(NC(=O)N(C)C[C@H]2Oc3ccc(N(C)C)cc3CC(=O)N([C@H](C)CO)C[C@@H]2C)cc1. The van der Waals surface area contributed by atoms with Gasteiger partial charge >= 0.3 is 6.03 Å². The van der Waals surface area contributed by atoms with Crippen molar-refractivity contribution in [2.75, 3.05) is 58.2 Å². The summed E-state index contributed by atoms with van der Waals surface area (Å²) < 4.78 is 11.6. The first-order valence-corrected chi connectivity index (χ1v) is 12.2. The molecule has 0 unspecified atom stereocenters. The van der Waals surface area contributed by atoms with E-state index in [0.29, 0.717) is 30.3 Å². The van der Waals surface area contributed by atoms with E-state index in [0.717, 1.165) is 11.3 Å². The molecular weight excluding hydrogens is 460 g/mol. The lowest BCUT2D eigenvalue weighted by Gasteiger charge is -2.34. The first kappa shape index (κ1) is 27.1. The molecule has 0 aliphatic carbocycles. The van der Waals surface area contributed by atoms with Crippen LogP contribution in [-0.4, -0.2) is 86.9 Å². The maximum absolute atomic E-state index is 13.3. The van der Waals surface area contributed by atoms with E-state index in [9.17, 15) is 14.7 Å². The van der Waals surface area contributed by atoms with Gasteiger partial charge in [-0.05, 0) is 49.4 Å². The topological polar surface area (TPSA) is 94.6 Å². The Morgan fingerprint density at radius 2 is 1.92 bits per heavy atom. The average molecular weight is 499 g/mol. The van der Waals surface area contributed by atoms with Crippen molar-refractivity contribution in [3.8, 4) is 11.5 Å². The van der Waals surface area contributed by atoms with Gasteiger partial charge < -0.3 is 34.6 Å². The Morgan fingerprint density at radius 3 is 2.53 bits per heavy atom. The maximum atomic E-state index is 13.3. The van der Waals surface area contributed by atoms with Crippen LogP contribution in [0.15, 0.2) is 42.5 Å². The number of ether oxygens (including phenoxy) is 2. The number of nitrogens with zero attached hydrogens (tertiary/aromatic N) is 3. The van der Waals surface area contributed by atoms with Crippen LogP contribution in [0.5, 0.6) is 11.5 Å². The highest BCUT2D eigenvalue weighted by atomic mass is 16.5. The van der Waals surface area contributed by atoms with E-state index in [1.165, 1.54) is 0 Å². The van der Waals surface area contributed by atoms with Crippen molar-refractivity contribution in [3.05, 3.63) is 48.0 Å². The van der Waals surface area contributed by atoms with Gasteiger partial charge in [0.2, 0.25) is 5.91 Å². The lowest BCUT2D eigenvalue weighted by molar-refractivity contribution is -0.134. The second-order valence-corrected chi connectivity index (χ2v) is 9.61. The van der Waals surface area contributed by atoms with Crippen LogP contribution in [0, 0.1) is 5.92 Å². The zero-order valence-corrected chi connectivity index (χ0v) is 22.0. The Balaban J connectivity index is 1.84. The molecule has 1 heterocycles. The number of hydrogen-bond acceptors (Lipinski definition) is 6. The average Bonchev–Trinajstić information content (AvgIpc) is 2.91. The predicted molar refractivity (Wildman–Crippen MR) is 141 cm³/mol. The Bertz CT molecular complexity index is 1040. The number of fused-ring (bicyclic) bond motifs is 1. The van der Waals surface area contributed by atoms with Gasteiger partial charge in [-0.2, -0.15) is 0 Å². The van der Waals surface area contributed by atoms with Crippen LogP contribution < -0.4 is 19.7 Å². The first-order valence-electron chi connectivity index (χ1n) is 12.2. The van der Waals surface area contributed by atoms with Crippen molar-refractivity contribution in [1.82, 2.24) is 9.80 Å². The van der Waals surface area contributed by atoms with Crippen LogP contribution in [0.1, 0.15) is 19.4 Å². The second-order valence-electron chi connectivity index (χ2n) is 9.61. The molecule has 9 heteroatoms. The lowest BCUT2D eigenvalue weighted by atomic mass is 10.0. The number of hydrogen-bond donors (Lipinski definition) is 2. The molecule has 0 saturated carbocycles. The molecular formula is C27H38N4O5. The van der Waals surface area contributed by atoms with E-state index < -0.39 is 0 Å². The highest BCUT2D eigenvalue weighted by Crippen LogP contribution is 2.30. The second kappa shape index (κ2) is 12.0. The molecule has 3 atom stereocenters. The number of benzene rings is 2. The third kappa shape index (κ3) is 6.60. The van der Waals surface area contributed by atoms with E-state index in [1.807, 2.05) is 51.0 Å². The number of aliphatic hydroxyl groups is 1. The minimum atomic E-state index is -0.375. The van der Waals surface area contributed by atoms with Crippen molar-refractivity contribution < 1.29 is 24.2 Å². The minimum Gasteiger partial charge on any atom is -0.497 e. The number of carbonyl (C=O) groups is 2. The summed E-state index contributed by atoms with van der Waals surface area (Å²) in [6.07, 6.45) is -0.200. The van der Waals surface area contributed by atoms with Gasteiger partial charge in [0.15, 0.2) is 0 Å². The van der Waals surface area contributed by atoms with E-state index >= 15 is 0 Å². The minimum absolute atomic E-state index is 0.0598. The third-order valence-electron chi connectivity index (χ3n) is 6.56. The number of likely N-dealkylation sites (N-methyl/N-ethyl adjacent to an activating group) is 1. The number of rotatable bonds is 7. The number of anilines is 2. The number of methoxy groups -OCH3 is 1. The van der Waals surface area contributed by atoms with Crippen LogP contribution in [0.2, 0.25) is 0 Å². The lowest BCUT2D eigenvalue weighted by Crippen LogP contribution is -2.48. The zero-order chi connectivity index (χ0) is 26.4. The molecule has 2 aromatic rings. The number of carbonyl (C=O) groups excluding carboxylic acids is 2. The van der Waals surface area contributed by atoms with Crippen LogP contribution in [0.25, 0.3) is 0 Å². The van der Waals surface area contributed by atoms with Gasteiger partial charge in [0, 0.05) is 50.5 Å². The normalized spacial score (nSPS) is 18.6. The summed E-state index contributed by atoms with van der Waals surface area (Å²) in [6.45, 7) is 4.44. The van der Waals surface area contributed by atoms with E-state index in [4.69, 9.17) is 9.47 Å². The van der Waals surface area contributed by atoms with Gasteiger partial charge in [-0.25, -0.2) is 4.79 Å². The van der Waals surface area contributed by atoms with Gasteiger partial charge in [-0.1, -0.05) is 6.92 Å². The Hall–Kier alpha value is -3.46. The Kier molecular flexibility index (Phi) is 9.03. The van der Waals surface area contributed by atoms with Crippen molar-refractivity contribution in [2.24, 2.45) is 5.92 Å². The number of urea groups is 1. The molecule has 2 aromatic carbocycles. The van der Waals surface area contributed by atoms with Gasteiger partial charge in [0.1, 0.15) is 17.6 Å². The van der Waals surface area contributed by atoms with E-state index in [-0.39, 0.29) is 43.0 Å². The monoisotopic (exact) mass is 498 g/mol. The van der Waals surface area contributed by atoms with Crippen LogP contribution in [0.4, 0.5) is 16.2 Å². The smallest absolute Gasteiger partial charge is 0.321 e. The van der Waals surface area contributed by atoms with Gasteiger partial charge in [-0.3, -0.25) is 4.79 Å². The van der Waals surface area contributed by atoms with Gasteiger partial charge in [-0.15, -0.1) is 0 Å². The molecule has 0 bridgehead atoms. The third-order valence-corrected chi connectivity index (χ3v) is 6.56. The maximum Gasteiger partial charge on any atom is 0.321 e. The van der Waals surface area contributed by atoms with Gasteiger partial charge in [0.25, 0.3) is 0 Å². The highest BCUT2D eigenvalue weighted by molar-refractivity contribution is 5.89. The standard InChI is InChI=1S/C27H38N4O5/c1-18-15-31(19(2)17-32)26(33)14-20-13-22(29(3)4)9-12-24(20)36-25(18)16-30(5)27(34)28-21-7-10-23(35-6)11-8-21/h7-13,18-19,25,32H,14-17H2,1-6H3,(H,28,34)/t18-,19+,25+/m0/s1. The molecule has 0 radical (unpaired) electrons. The zero-order valence-electron chi connectivity index (χ0n) is 22.0. The summed E-state index contributed by atoms with van der Waals surface area (Å²) in [5.41, 5.74) is 2.41. The molecule has 0 saturated heterocycles. The van der Waals surface area contributed by atoms with Crippen molar-refractivity contribution in [2.45, 2.75) is 32.4 Å². The summed E-state index contributed by atoms with van der Waals surface area (Å²) in [5, 5.41) is 12.7. The Labute approximate surface area is 213 Å². The molecule has 0 fully saturated rings. The summed E-state index contributed by atoms with van der Waals surface area (Å²) in [4.78, 5) is 31.5. The van der Waals surface area contributed by atoms with Crippen LogP contribution in [0.3, 0.4) is 0 Å². The van der Waals surface area contributed by atoms with Gasteiger partial charge in [0.05, 0.1) is 32.7 Å². The molecule has 9 nitrogen and oxygen atoms in total. The van der Waals surface area contributed by atoms with Crippen LogP contribution >= 0.6 is 0 Å². The molecule has 2 N–H and O–H groups in total. The molecule has 3 amide bonds. The largest absolute Gasteiger partial charge is 0.497 e. The summed E-state index contributed by atoms with van der Waals surface area (Å²) >= 11 is 0. The summed E-state index contributed by atoms with van der Waals surface area (Å²) in [5.74, 6) is 1.18. The first-order chi connectivity index (χ1) is 17.1. The number of nitrogens with one attached hydrogen (secondary N) is 1. The quantitative estimate of drug-likeness (QED) is 0.609. The fraction of sp³-hybridized carbons (Fsp3) is 0.481. The Morgan fingerprint density at radius 1 is 1.22 bits per heavy atom. The molecule has 0 aromatic heterocycles. The molecule has 1 aliphatic heterocycles. The van der Waals surface area contributed by atoms with Crippen molar-refractivity contribution in [1.29, 1.82) is 0 Å². The molecule has 0 spiro atoms. The van der Waals surface area contributed by atoms with Crippen LogP contribution in [-0.2, 0) is 11.2 Å². The molecule has 36 heavy (non-hydrogen) atoms. The summed E-state index contributed by atoms with van der Waals surface area (Å²) in [7, 11) is 7.20. The van der Waals surface area contributed by atoms with E-state index in [1.54, 1.807) is 48.2 Å². The fourth-order valence-corrected chi connectivity index (χ4v) is 4.16.